The van der Waals surface area contributed by atoms with E-state index in [0.717, 1.165) is 30.4 Å². The lowest BCUT2D eigenvalue weighted by Gasteiger charge is -2.20. The number of amides is 1. The van der Waals surface area contributed by atoms with Gasteiger partial charge in [-0.15, -0.1) is 0 Å². The van der Waals surface area contributed by atoms with Gasteiger partial charge in [-0.25, -0.2) is 15.0 Å². The number of nitrogens with zero attached hydrogens (tertiary/aromatic N) is 3. The van der Waals surface area contributed by atoms with E-state index in [1.165, 1.54) is 17.8 Å². The summed E-state index contributed by atoms with van der Waals surface area (Å²) in [5.41, 5.74) is 5.07. The molecule has 0 saturated carbocycles. The predicted octanol–water partition coefficient (Wildman–Crippen LogP) is 6.58. The second-order valence-electron chi connectivity index (χ2n) is 9.11. The fraction of sp³-hybridized carbons (Fsp3) is 0.286. The maximum Gasteiger partial charge on any atom is 0.247 e. The number of benzene rings is 1. The van der Waals surface area contributed by atoms with E-state index in [9.17, 15) is 4.79 Å². The molecule has 0 spiro atoms. The zero-order valence-corrected chi connectivity index (χ0v) is 21.5. The summed E-state index contributed by atoms with van der Waals surface area (Å²) < 4.78 is 5.86. The van der Waals surface area contributed by atoms with E-state index in [1.807, 2.05) is 19.9 Å². The Morgan fingerprint density at radius 2 is 2.06 bits per heavy atom. The molecule has 2 aromatic heterocycles. The highest BCUT2D eigenvalue weighted by molar-refractivity contribution is 6.32. The molecule has 0 radical (unpaired) electrons. The highest BCUT2D eigenvalue weighted by Gasteiger charge is 2.20. The van der Waals surface area contributed by atoms with Crippen molar-refractivity contribution < 1.29 is 9.53 Å². The van der Waals surface area contributed by atoms with E-state index in [2.05, 4.69) is 58.4 Å². The number of halogens is 1. The molecule has 186 valence electrons. The number of hydrogen-bond donors (Lipinski definition) is 2. The minimum Gasteiger partial charge on any atom is -0.473 e. The molecule has 3 aromatic rings. The zero-order chi connectivity index (χ0) is 25.7. The lowest BCUT2D eigenvalue weighted by molar-refractivity contribution is -0.111. The second kappa shape index (κ2) is 11.4. The first-order chi connectivity index (χ1) is 17.3. The largest absolute Gasteiger partial charge is 0.473 e. The van der Waals surface area contributed by atoms with Crippen molar-refractivity contribution >= 4 is 40.4 Å². The Balaban J connectivity index is 1.73. The van der Waals surface area contributed by atoms with E-state index in [1.54, 1.807) is 12.3 Å². The quantitative estimate of drug-likeness (QED) is 0.354. The number of carbonyl (C=O) groups excluding carboxylic acids is 1. The molecule has 2 heterocycles. The minimum absolute atomic E-state index is 0.104. The number of rotatable bonds is 7. The van der Waals surface area contributed by atoms with Crippen molar-refractivity contribution in [2.24, 2.45) is 5.92 Å². The molecule has 0 aliphatic heterocycles. The first-order valence-electron chi connectivity index (χ1n) is 12.0. The van der Waals surface area contributed by atoms with Crippen LogP contribution in [0.25, 0.3) is 5.57 Å². The summed E-state index contributed by atoms with van der Waals surface area (Å²) in [5, 5.41) is 6.39. The van der Waals surface area contributed by atoms with Gasteiger partial charge in [-0.1, -0.05) is 55.4 Å². The van der Waals surface area contributed by atoms with Crippen LogP contribution in [-0.2, 0) is 11.2 Å². The van der Waals surface area contributed by atoms with Gasteiger partial charge in [0.05, 0.1) is 34.9 Å². The number of carbonyl (C=O) groups is 1. The van der Waals surface area contributed by atoms with Crippen LogP contribution in [-0.4, -0.2) is 27.0 Å². The highest BCUT2D eigenvalue weighted by atomic mass is 35.5. The summed E-state index contributed by atoms with van der Waals surface area (Å²) in [4.78, 5) is 25.4. The molecule has 7 nitrogen and oxygen atoms in total. The number of pyridine rings is 1. The molecule has 1 unspecified atom stereocenters. The van der Waals surface area contributed by atoms with Gasteiger partial charge >= 0.3 is 0 Å². The molecular formula is C28H30ClN5O2. The summed E-state index contributed by atoms with van der Waals surface area (Å²) in [6, 6.07) is 10.1. The van der Waals surface area contributed by atoms with Gasteiger partial charge in [-0.3, -0.25) is 4.79 Å². The Morgan fingerprint density at radius 1 is 1.25 bits per heavy atom. The number of fused-ring (bicyclic) bond motifs is 1. The van der Waals surface area contributed by atoms with Crippen LogP contribution in [0.2, 0.25) is 5.02 Å². The van der Waals surface area contributed by atoms with Crippen LogP contribution >= 0.6 is 11.6 Å². The third-order valence-electron chi connectivity index (χ3n) is 5.78. The topological polar surface area (TPSA) is 89.0 Å². The average Bonchev–Trinajstić information content (AvgIpc) is 2.84. The van der Waals surface area contributed by atoms with E-state index < -0.39 is 0 Å². The minimum atomic E-state index is -0.338. The lowest BCUT2D eigenvalue weighted by Crippen LogP contribution is -2.12. The van der Waals surface area contributed by atoms with Crippen molar-refractivity contribution in [3.63, 3.8) is 0 Å². The molecule has 1 amide bonds. The van der Waals surface area contributed by atoms with Crippen LogP contribution in [0.3, 0.4) is 0 Å². The van der Waals surface area contributed by atoms with Crippen LogP contribution in [0, 0.1) is 5.92 Å². The first kappa shape index (κ1) is 25.4. The maximum absolute atomic E-state index is 11.8. The van der Waals surface area contributed by atoms with E-state index in [4.69, 9.17) is 21.3 Å². The third kappa shape index (κ3) is 6.10. The second-order valence-corrected chi connectivity index (χ2v) is 9.52. The van der Waals surface area contributed by atoms with Gasteiger partial charge in [0.15, 0.2) is 0 Å². The van der Waals surface area contributed by atoms with Crippen LogP contribution in [0.4, 0.5) is 17.3 Å². The maximum atomic E-state index is 11.8. The Labute approximate surface area is 216 Å². The van der Waals surface area contributed by atoms with Gasteiger partial charge in [0.25, 0.3) is 0 Å². The van der Waals surface area contributed by atoms with Gasteiger partial charge in [-0.2, -0.15) is 0 Å². The Hall–Kier alpha value is -3.71. The monoisotopic (exact) mass is 503 g/mol. The van der Waals surface area contributed by atoms with Gasteiger partial charge in [0, 0.05) is 5.57 Å². The summed E-state index contributed by atoms with van der Waals surface area (Å²) in [6.45, 7) is 9.60. The molecule has 8 heteroatoms. The van der Waals surface area contributed by atoms with Crippen molar-refractivity contribution in [1.82, 2.24) is 15.0 Å². The molecule has 0 saturated heterocycles. The third-order valence-corrected chi connectivity index (χ3v) is 6.06. The van der Waals surface area contributed by atoms with Crippen LogP contribution < -0.4 is 15.4 Å². The van der Waals surface area contributed by atoms with Crippen molar-refractivity contribution in [2.75, 3.05) is 10.6 Å². The Kier molecular flexibility index (Phi) is 8.00. The predicted molar refractivity (Wildman–Crippen MR) is 145 cm³/mol. The van der Waals surface area contributed by atoms with Crippen LogP contribution in [0.5, 0.6) is 5.88 Å². The number of anilines is 3. The highest BCUT2D eigenvalue weighted by Crippen LogP contribution is 2.35. The Bertz CT molecular complexity index is 1300. The summed E-state index contributed by atoms with van der Waals surface area (Å²) in [5.74, 6) is 0.967. The van der Waals surface area contributed by atoms with E-state index in [0.29, 0.717) is 39.8 Å². The Morgan fingerprint density at radius 3 is 2.83 bits per heavy atom. The number of allylic oxidation sites excluding steroid dienone is 1. The van der Waals surface area contributed by atoms with Crippen molar-refractivity contribution in [2.45, 2.75) is 46.1 Å². The molecule has 1 atom stereocenters. The van der Waals surface area contributed by atoms with Crippen LogP contribution in [0.15, 0.2) is 61.5 Å². The van der Waals surface area contributed by atoms with Gasteiger partial charge in [-0.05, 0) is 62.3 Å². The summed E-state index contributed by atoms with van der Waals surface area (Å²) >= 11 is 6.63. The van der Waals surface area contributed by atoms with E-state index >= 15 is 0 Å². The number of ether oxygens (including phenoxy) is 1. The normalized spacial score (nSPS) is 16.7. The lowest BCUT2D eigenvalue weighted by atomic mass is 9.86. The van der Waals surface area contributed by atoms with Crippen molar-refractivity contribution in [3.8, 4) is 5.88 Å². The van der Waals surface area contributed by atoms with Gasteiger partial charge in [0.1, 0.15) is 5.69 Å². The molecule has 1 aliphatic rings. The first-order valence-corrected chi connectivity index (χ1v) is 12.4. The van der Waals surface area contributed by atoms with Gasteiger partial charge < -0.3 is 15.4 Å². The standard InChI is InChI=1S/C28H30ClN5O2/c1-5-25(35)32-20-14-24(27(30-15-20)36-17(2)3)33-28-31-16-23(29)26(34-28)22-12-8-9-18(4)13-19-10-6-7-11-21(19)22/h5-7,10-12,14-18H,1,8-9,13H2,2-4H3,(H,32,35)(H,31,33,34)/b22-12+. The van der Waals surface area contributed by atoms with Crippen molar-refractivity contribution in [1.29, 1.82) is 0 Å². The molecule has 4 rings (SSSR count). The van der Waals surface area contributed by atoms with Crippen LogP contribution in [0.1, 0.15) is 50.4 Å². The van der Waals surface area contributed by atoms with E-state index in [-0.39, 0.29) is 12.0 Å². The molecule has 0 fully saturated rings. The molecule has 36 heavy (non-hydrogen) atoms. The molecule has 2 N–H and O–H groups in total. The summed E-state index contributed by atoms with van der Waals surface area (Å²) in [6.07, 6.45) is 9.46. The fourth-order valence-electron chi connectivity index (χ4n) is 4.14. The molecule has 1 aromatic carbocycles. The molecule has 1 aliphatic carbocycles. The van der Waals surface area contributed by atoms with Crippen molar-refractivity contribution in [3.05, 3.63) is 83.3 Å². The molecule has 0 bridgehead atoms. The zero-order valence-electron chi connectivity index (χ0n) is 20.7. The number of hydrogen-bond acceptors (Lipinski definition) is 6. The number of aromatic nitrogens is 3. The smallest absolute Gasteiger partial charge is 0.247 e. The van der Waals surface area contributed by atoms with Gasteiger partial charge in [0.2, 0.25) is 17.7 Å². The molecular weight excluding hydrogens is 474 g/mol. The summed E-state index contributed by atoms with van der Waals surface area (Å²) in [7, 11) is 0. The SMILES string of the molecule is C=CC(=O)Nc1cnc(OC(C)C)c(Nc2ncc(Cl)c(/C3=C/CCC(C)Cc4ccccc43)n2)c1. The average molecular weight is 504 g/mol. The fourth-order valence-corrected chi connectivity index (χ4v) is 4.34. The number of nitrogens with one attached hydrogen (secondary N) is 2.